The summed E-state index contributed by atoms with van der Waals surface area (Å²) < 4.78 is 44.3. The Balaban J connectivity index is 1.43. The van der Waals surface area contributed by atoms with Crippen LogP contribution < -0.4 is 10.2 Å². The number of halogens is 3. The first-order chi connectivity index (χ1) is 16.4. The summed E-state index contributed by atoms with van der Waals surface area (Å²) in [7, 11) is 0. The number of morpholine rings is 1. The van der Waals surface area contributed by atoms with Gasteiger partial charge in [-0.2, -0.15) is 18.3 Å². The molecule has 0 aliphatic carbocycles. The number of hydrogen-bond acceptors (Lipinski definition) is 6. The van der Waals surface area contributed by atoms with E-state index in [1.807, 2.05) is 12.1 Å². The molecule has 34 heavy (non-hydrogen) atoms. The molecule has 0 bridgehead atoms. The minimum absolute atomic E-state index is 0.0494. The van der Waals surface area contributed by atoms with Gasteiger partial charge in [0, 0.05) is 36.4 Å². The third-order valence-corrected chi connectivity index (χ3v) is 5.54. The molecule has 5 rings (SSSR count). The second-order valence-electron chi connectivity index (χ2n) is 7.75. The van der Waals surface area contributed by atoms with Crippen LogP contribution in [0, 0.1) is 0 Å². The van der Waals surface area contributed by atoms with E-state index < -0.39 is 17.6 Å². The molecule has 2 N–H and O–H groups in total. The van der Waals surface area contributed by atoms with Crippen LogP contribution in [0.15, 0.2) is 55.0 Å². The van der Waals surface area contributed by atoms with Crippen molar-refractivity contribution in [1.29, 1.82) is 0 Å². The monoisotopic (exact) mass is 468 g/mol. The van der Waals surface area contributed by atoms with Crippen LogP contribution >= 0.6 is 0 Å². The highest BCUT2D eigenvalue weighted by atomic mass is 19.4. The zero-order valence-electron chi connectivity index (χ0n) is 17.8. The maximum Gasteiger partial charge on any atom is 0.416 e. The maximum atomic E-state index is 13.0. The number of H-pyrrole nitrogens is 1. The molecule has 1 amide bonds. The number of amides is 1. The number of hydrogen-bond donors (Lipinski definition) is 2. The van der Waals surface area contributed by atoms with Gasteiger partial charge < -0.3 is 15.0 Å². The number of benzene rings is 1. The summed E-state index contributed by atoms with van der Waals surface area (Å²) in [6.07, 6.45) is -0.0164. The number of anilines is 2. The van der Waals surface area contributed by atoms with Crippen LogP contribution in [0.25, 0.3) is 22.0 Å². The number of fused-ring (bicyclic) bond motifs is 1. The Hall–Kier alpha value is -3.99. The molecule has 3 aromatic heterocycles. The van der Waals surface area contributed by atoms with Gasteiger partial charge in [-0.15, -0.1) is 0 Å². The molecule has 1 aromatic carbocycles. The Bertz CT molecular complexity index is 1350. The number of aromatic nitrogens is 4. The Morgan fingerprint density at radius 2 is 1.88 bits per heavy atom. The molecule has 0 spiro atoms. The summed E-state index contributed by atoms with van der Waals surface area (Å²) in [6, 6.07) is 9.11. The minimum Gasteiger partial charge on any atom is -0.378 e. The predicted octanol–water partition coefficient (Wildman–Crippen LogP) is 4.13. The van der Waals surface area contributed by atoms with E-state index in [2.05, 4.69) is 30.4 Å². The third-order valence-electron chi connectivity index (χ3n) is 5.54. The molecule has 1 aliphatic heterocycles. The molecule has 0 atom stereocenters. The van der Waals surface area contributed by atoms with Gasteiger partial charge in [0.15, 0.2) is 5.69 Å². The molecule has 1 aliphatic rings. The van der Waals surface area contributed by atoms with E-state index >= 15 is 0 Å². The number of nitrogens with zero attached hydrogens (tertiary/aromatic N) is 4. The van der Waals surface area contributed by atoms with Gasteiger partial charge in [0.1, 0.15) is 5.82 Å². The number of aromatic amines is 1. The van der Waals surface area contributed by atoms with E-state index in [1.165, 1.54) is 0 Å². The van der Waals surface area contributed by atoms with Gasteiger partial charge in [-0.05, 0) is 35.9 Å². The molecule has 174 valence electrons. The fourth-order valence-electron chi connectivity index (χ4n) is 3.80. The fourth-order valence-corrected chi connectivity index (χ4v) is 3.80. The van der Waals surface area contributed by atoms with E-state index in [4.69, 9.17) is 4.74 Å². The van der Waals surface area contributed by atoms with Gasteiger partial charge in [0.25, 0.3) is 5.91 Å². The normalized spacial score (nSPS) is 14.4. The summed E-state index contributed by atoms with van der Waals surface area (Å²) in [4.78, 5) is 23.2. The van der Waals surface area contributed by atoms with Crippen molar-refractivity contribution in [3.8, 4) is 11.1 Å². The van der Waals surface area contributed by atoms with E-state index in [1.54, 1.807) is 24.5 Å². The molecular weight excluding hydrogens is 449 g/mol. The SMILES string of the molecule is O=C(Nc1cc(C(F)(F)F)ccn1)c1n[nH]c2ccc(-c3cncc(N4CCOCC4)c3)cc12. The highest BCUT2D eigenvalue weighted by Crippen LogP contribution is 2.31. The standard InChI is InChI=1S/C23H19F3N6O2/c24-23(25,26)16-3-4-28-20(11-16)29-22(33)21-18-10-14(1-2-19(18)30-31-21)15-9-17(13-27-12-15)32-5-7-34-8-6-32/h1-4,9-13H,5-8H2,(H,30,31)(H,28,29,33). The van der Waals surface area contributed by atoms with E-state index in [9.17, 15) is 18.0 Å². The van der Waals surface area contributed by atoms with E-state index in [-0.39, 0.29) is 11.5 Å². The van der Waals surface area contributed by atoms with E-state index in [0.717, 1.165) is 48.2 Å². The first-order valence-electron chi connectivity index (χ1n) is 10.5. The van der Waals surface area contributed by atoms with Gasteiger partial charge in [-0.3, -0.25) is 14.9 Å². The van der Waals surface area contributed by atoms with Crippen molar-refractivity contribution >= 4 is 28.3 Å². The van der Waals surface area contributed by atoms with Crippen LogP contribution in [0.5, 0.6) is 0 Å². The van der Waals surface area contributed by atoms with Crippen molar-refractivity contribution in [1.82, 2.24) is 20.2 Å². The molecule has 8 nitrogen and oxygen atoms in total. The fraction of sp³-hybridized carbons (Fsp3) is 0.217. The van der Waals surface area contributed by atoms with Crippen molar-refractivity contribution in [2.75, 3.05) is 36.5 Å². The van der Waals surface area contributed by atoms with Gasteiger partial charge in [0.2, 0.25) is 0 Å². The smallest absolute Gasteiger partial charge is 0.378 e. The topological polar surface area (TPSA) is 96.0 Å². The van der Waals surface area contributed by atoms with Crippen LogP contribution in [0.2, 0.25) is 0 Å². The van der Waals surface area contributed by atoms with Crippen molar-refractivity contribution in [2.24, 2.45) is 0 Å². The van der Waals surface area contributed by atoms with Crippen molar-refractivity contribution in [2.45, 2.75) is 6.18 Å². The first-order valence-corrected chi connectivity index (χ1v) is 10.5. The van der Waals surface area contributed by atoms with Crippen molar-refractivity contribution in [3.05, 3.63) is 66.2 Å². The second-order valence-corrected chi connectivity index (χ2v) is 7.75. The molecule has 11 heteroatoms. The summed E-state index contributed by atoms with van der Waals surface area (Å²) in [5.41, 5.74) is 2.42. The van der Waals surface area contributed by atoms with Crippen LogP contribution in [-0.2, 0) is 10.9 Å². The lowest BCUT2D eigenvalue weighted by molar-refractivity contribution is -0.137. The number of rotatable bonds is 4. The highest BCUT2D eigenvalue weighted by Gasteiger charge is 2.31. The van der Waals surface area contributed by atoms with Gasteiger partial charge in [-0.25, -0.2) is 4.98 Å². The van der Waals surface area contributed by atoms with Gasteiger partial charge >= 0.3 is 6.18 Å². The number of nitrogens with one attached hydrogen (secondary N) is 2. The quantitative estimate of drug-likeness (QED) is 0.468. The predicted molar refractivity (Wildman–Crippen MR) is 120 cm³/mol. The van der Waals surface area contributed by atoms with Crippen LogP contribution in [0.3, 0.4) is 0 Å². The number of carbonyl (C=O) groups is 1. The van der Waals surface area contributed by atoms with Crippen LogP contribution in [0.4, 0.5) is 24.7 Å². The molecular formula is C23H19F3N6O2. The Morgan fingerprint density at radius 1 is 1.06 bits per heavy atom. The molecule has 1 saturated heterocycles. The van der Waals surface area contributed by atoms with E-state index in [0.29, 0.717) is 24.1 Å². The van der Waals surface area contributed by atoms with Crippen molar-refractivity contribution in [3.63, 3.8) is 0 Å². The minimum atomic E-state index is -4.54. The maximum absolute atomic E-state index is 13.0. The van der Waals surface area contributed by atoms with Crippen molar-refractivity contribution < 1.29 is 22.7 Å². The lowest BCUT2D eigenvalue weighted by Crippen LogP contribution is -2.36. The summed E-state index contributed by atoms with van der Waals surface area (Å²) in [5, 5.41) is 9.77. The summed E-state index contributed by atoms with van der Waals surface area (Å²) >= 11 is 0. The number of alkyl halides is 3. The van der Waals surface area contributed by atoms with Gasteiger partial charge in [-0.1, -0.05) is 6.07 Å². The lowest BCUT2D eigenvalue weighted by Gasteiger charge is -2.28. The average molecular weight is 468 g/mol. The lowest BCUT2D eigenvalue weighted by atomic mass is 10.0. The molecule has 4 aromatic rings. The number of carbonyl (C=O) groups excluding carboxylic acids is 1. The molecule has 4 heterocycles. The Labute approximate surface area is 191 Å². The Morgan fingerprint density at radius 3 is 2.68 bits per heavy atom. The highest BCUT2D eigenvalue weighted by molar-refractivity contribution is 6.11. The number of ether oxygens (including phenoxy) is 1. The largest absolute Gasteiger partial charge is 0.416 e. The molecule has 0 unspecified atom stereocenters. The number of pyridine rings is 2. The van der Waals surface area contributed by atoms with Crippen LogP contribution in [-0.4, -0.2) is 52.4 Å². The summed E-state index contributed by atoms with van der Waals surface area (Å²) in [6.45, 7) is 2.87. The molecule has 0 saturated carbocycles. The first kappa shape index (κ1) is 21.8. The zero-order valence-corrected chi connectivity index (χ0v) is 17.8. The van der Waals surface area contributed by atoms with Crippen LogP contribution in [0.1, 0.15) is 16.1 Å². The summed E-state index contributed by atoms with van der Waals surface area (Å²) in [5.74, 6) is -0.884. The Kier molecular flexibility index (Phi) is 5.62. The molecule has 0 radical (unpaired) electrons. The average Bonchev–Trinajstić information content (AvgIpc) is 3.28. The zero-order chi connectivity index (χ0) is 23.7. The molecule has 1 fully saturated rings. The third kappa shape index (κ3) is 4.42. The van der Waals surface area contributed by atoms with Gasteiger partial charge in [0.05, 0.1) is 36.2 Å². The second kappa shape index (κ2) is 8.75.